The number of methoxy groups -OCH3 is 1. The van der Waals surface area contributed by atoms with Gasteiger partial charge in [-0.15, -0.1) is 0 Å². The van der Waals surface area contributed by atoms with Crippen molar-refractivity contribution in [3.8, 4) is 0 Å². The zero-order valence-corrected chi connectivity index (χ0v) is 9.23. The summed E-state index contributed by atoms with van der Waals surface area (Å²) in [7, 11) is 1.61. The van der Waals surface area contributed by atoms with Crippen molar-refractivity contribution >= 4 is 5.97 Å². The molecule has 0 radical (unpaired) electrons. The van der Waals surface area contributed by atoms with Crippen LogP contribution in [0.4, 0.5) is 0 Å². The number of carbonyl (C=O) groups is 1. The van der Waals surface area contributed by atoms with Gasteiger partial charge in [-0.3, -0.25) is 4.79 Å². The molecule has 0 aromatic rings. The van der Waals surface area contributed by atoms with E-state index in [1.807, 2.05) is 6.92 Å². The van der Waals surface area contributed by atoms with Gasteiger partial charge in [0.2, 0.25) is 0 Å². The SMILES string of the molecule is COCCOCOC[C@H]1OC(=O)C[C@@H]1C. The molecule has 1 fully saturated rings. The molecule has 0 saturated carbocycles. The minimum atomic E-state index is -0.142. The molecule has 15 heavy (non-hydrogen) atoms. The van der Waals surface area contributed by atoms with Gasteiger partial charge in [-0.1, -0.05) is 6.92 Å². The van der Waals surface area contributed by atoms with Crippen molar-refractivity contribution in [3.63, 3.8) is 0 Å². The van der Waals surface area contributed by atoms with Gasteiger partial charge in [-0.2, -0.15) is 0 Å². The van der Waals surface area contributed by atoms with Gasteiger partial charge in [0.25, 0.3) is 0 Å². The number of ether oxygens (including phenoxy) is 4. The molecule has 5 nitrogen and oxygen atoms in total. The molecule has 1 heterocycles. The first-order chi connectivity index (χ1) is 7.24. The molecule has 5 heteroatoms. The lowest BCUT2D eigenvalue weighted by molar-refractivity contribution is -0.147. The first kappa shape index (κ1) is 12.4. The Morgan fingerprint density at radius 2 is 2.20 bits per heavy atom. The van der Waals surface area contributed by atoms with Crippen molar-refractivity contribution in [1.82, 2.24) is 0 Å². The van der Waals surface area contributed by atoms with Gasteiger partial charge in [0.15, 0.2) is 0 Å². The molecule has 0 aromatic carbocycles. The summed E-state index contributed by atoms with van der Waals surface area (Å²) >= 11 is 0. The largest absolute Gasteiger partial charge is 0.460 e. The van der Waals surface area contributed by atoms with Gasteiger partial charge < -0.3 is 18.9 Å². The topological polar surface area (TPSA) is 54.0 Å². The average Bonchev–Trinajstić information content (AvgIpc) is 2.51. The van der Waals surface area contributed by atoms with Gasteiger partial charge in [0.1, 0.15) is 12.9 Å². The van der Waals surface area contributed by atoms with Crippen molar-refractivity contribution < 1.29 is 23.7 Å². The fourth-order valence-corrected chi connectivity index (χ4v) is 1.35. The summed E-state index contributed by atoms with van der Waals surface area (Å²) in [6, 6.07) is 0. The van der Waals surface area contributed by atoms with Crippen molar-refractivity contribution in [2.24, 2.45) is 5.92 Å². The normalized spacial score (nSPS) is 25.6. The quantitative estimate of drug-likeness (QED) is 0.355. The van der Waals surface area contributed by atoms with Gasteiger partial charge >= 0.3 is 5.97 Å². The summed E-state index contributed by atoms with van der Waals surface area (Å²) in [5.41, 5.74) is 0. The summed E-state index contributed by atoms with van der Waals surface area (Å²) in [4.78, 5) is 10.9. The molecular weight excluding hydrogens is 200 g/mol. The van der Waals surface area contributed by atoms with E-state index in [2.05, 4.69) is 0 Å². The average molecular weight is 218 g/mol. The zero-order chi connectivity index (χ0) is 11.1. The number of rotatable bonds is 7. The summed E-state index contributed by atoms with van der Waals surface area (Å²) < 4.78 is 20.2. The van der Waals surface area contributed by atoms with E-state index in [9.17, 15) is 4.79 Å². The van der Waals surface area contributed by atoms with Crippen molar-refractivity contribution in [2.75, 3.05) is 33.7 Å². The van der Waals surface area contributed by atoms with Crippen LogP contribution in [0.5, 0.6) is 0 Å². The van der Waals surface area contributed by atoms with Crippen LogP contribution < -0.4 is 0 Å². The molecule has 2 atom stereocenters. The lowest BCUT2D eigenvalue weighted by Crippen LogP contribution is -2.22. The number of cyclic esters (lactones) is 1. The maximum absolute atomic E-state index is 10.9. The molecular formula is C10H18O5. The number of hydrogen-bond donors (Lipinski definition) is 0. The van der Waals surface area contributed by atoms with E-state index in [-0.39, 0.29) is 24.8 Å². The molecule has 0 unspecified atom stereocenters. The maximum Gasteiger partial charge on any atom is 0.306 e. The Morgan fingerprint density at radius 1 is 1.40 bits per heavy atom. The predicted octanol–water partition coefficient (Wildman–Crippen LogP) is 0.575. The molecule has 1 saturated heterocycles. The minimum absolute atomic E-state index is 0.122. The van der Waals surface area contributed by atoms with E-state index in [4.69, 9.17) is 18.9 Å². The second kappa shape index (κ2) is 6.76. The zero-order valence-electron chi connectivity index (χ0n) is 9.23. The molecule has 0 aliphatic carbocycles. The maximum atomic E-state index is 10.9. The van der Waals surface area contributed by atoms with Crippen LogP contribution in [0.3, 0.4) is 0 Å². The van der Waals surface area contributed by atoms with E-state index in [0.717, 1.165) is 0 Å². The molecule has 88 valence electrons. The number of hydrogen-bond acceptors (Lipinski definition) is 5. The number of esters is 1. The predicted molar refractivity (Wildman–Crippen MR) is 52.3 cm³/mol. The smallest absolute Gasteiger partial charge is 0.306 e. The highest BCUT2D eigenvalue weighted by Gasteiger charge is 2.31. The second-order valence-electron chi connectivity index (χ2n) is 3.60. The first-order valence-corrected chi connectivity index (χ1v) is 5.08. The Balaban J connectivity index is 1.98. The molecule has 0 bridgehead atoms. The molecule has 0 N–H and O–H groups in total. The molecule has 0 spiro atoms. The van der Waals surface area contributed by atoms with E-state index >= 15 is 0 Å². The third-order valence-electron chi connectivity index (χ3n) is 2.29. The lowest BCUT2D eigenvalue weighted by Gasteiger charge is -2.13. The molecule has 1 rings (SSSR count). The Hall–Kier alpha value is -0.650. The van der Waals surface area contributed by atoms with Gasteiger partial charge in [0.05, 0.1) is 26.2 Å². The lowest BCUT2D eigenvalue weighted by atomic mass is 10.1. The van der Waals surface area contributed by atoms with Crippen molar-refractivity contribution in [2.45, 2.75) is 19.4 Å². The van der Waals surface area contributed by atoms with Crippen LogP contribution in [0.2, 0.25) is 0 Å². The summed E-state index contributed by atoms with van der Waals surface area (Å²) in [6.07, 6.45) is 0.363. The van der Waals surface area contributed by atoms with E-state index in [1.54, 1.807) is 7.11 Å². The Kier molecular flexibility index (Phi) is 5.60. The Bertz CT molecular complexity index is 194. The van der Waals surface area contributed by atoms with Crippen LogP contribution >= 0.6 is 0 Å². The van der Waals surface area contributed by atoms with Crippen LogP contribution in [0.15, 0.2) is 0 Å². The second-order valence-corrected chi connectivity index (χ2v) is 3.60. The molecule has 1 aliphatic heterocycles. The fraction of sp³-hybridized carbons (Fsp3) is 0.900. The molecule has 0 aromatic heterocycles. The van der Waals surface area contributed by atoms with Crippen LogP contribution in [-0.4, -0.2) is 45.8 Å². The Morgan fingerprint density at radius 3 is 2.80 bits per heavy atom. The van der Waals surface area contributed by atoms with Gasteiger partial charge in [0, 0.05) is 13.0 Å². The van der Waals surface area contributed by atoms with Crippen LogP contribution in [-0.2, 0) is 23.7 Å². The summed E-state index contributed by atoms with van der Waals surface area (Å²) in [6.45, 7) is 3.66. The van der Waals surface area contributed by atoms with Gasteiger partial charge in [-0.25, -0.2) is 0 Å². The third-order valence-corrected chi connectivity index (χ3v) is 2.29. The number of carbonyl (C=O) groups excluding carboxylic acids is 1. The third kappa shape index (κ3) is 4.59. The van der Waals surface area contributed by atoms with Crippen LogP contribution in [0.25, 0.3) is 0 Å². The van der Waals surface area contributed by atoms with E-state index < -0.39 is 0 Å². The van der Waals surface area contributed by atoms with E-state index in [1.165, 1.54) is 0 Å². The highest BCUT2D eigenvalue weighted by atomic mass is 16.7. The van der Waals surface area contributed by atoms with E-state index in [0.29, 0.717) is 26.2 Å². The Labute approximate surface area is 89.6 Å². The van der Waals surface area contributed by atoms with Crippen molar-refractivity contribution in [3.05, 3.63) is 0 Å². The monoisotopic (exact) mass is 218 g/mol. The summed E-state index contributed by atoms with van der Waals surface area (Å²) in [5, 5.41) is 0. The van der Waals surface area contributed by atoms with Gasteiger partial charge in [-0.05, 0) is 0 Å². The van der Waals surface area contributed by atoms with Crippen molar-refractivity contribution in [1.29, 1.82) is 0 Å². The standard InChI is InChI=1S/C10H18O5/c1-8-5-10(11)15-9(8)6-14-7-13-4-3-12-2/h8-9H,3-7H2,1-2H3/t8-,9+/m0/s1. The molecule has 0 amide bonds. The molecule has 1 aliphatic rings. The highest BCUT2D eigenvalue weighted by molar-refractivity contribution is 5.71. The summed E-state index contributed by atoms with van der Waals surface area (Å²) in [5.74, 6) is 0.0906. The first-order valence-electron chi connectivity index (χ1n) is 5.08. The highest BCUT2D eigenvalue weighted by Crippen LogP contribution is 2.21. The van der Waals surface area contributed by atoms with Crippen LogP contribution in [0, 0.1) is 5.92 Å². The minimum Gasteiger partial charge on any atom is -0.460 e. The fourth-order valence-electron chi connectivity index (χ4n) is 1.35. The van der Waals surface area contributed by atoms with Crippen LogP contribution in [0.1, 0.15) is 13.3 Å².